The molecule has 1 atom stereocenters. The molecule has 29 heavy (non-hydrogen) atoms. The average molecular weight is 399 g/mol. The number of hydrogen-bond acceptors (Lipinski definition) is 5. The third-order valence-electron chi connectivity index (χ3n) is 5.00. The maximum absolute atomic E-state index is 14.4. The van der Waals surface area contributed by atoms with Gasteiger partial charge in [0.25, 0.3) is 5.91 Å². The summed E-state index contributed by atoms with van der Waals surface area (Å²) in [5.41, 5.74) is 1.12. The lowest BCUT2D eigenvalue weighted by molar-refractivity contribution is -0.136. The molecule has 1 saturated heterocycles. The second kappa shape index (κ2) is 7.54. The Morgan fingerprint density at radius 2 is 1.97 bits per heavy atom. The zero-order valence-corrected chi connectivity index (χ0v) is 15.7. The molecule has 2 heterocycles. The highest BCUT2D eigenvalue weighted by atomic mass is 19.1. The highest BCUT2D eigenvalue weighted by Crippen LogP contribution is 2.34. The van der Waals surface area contributed by atoms with Gasteiger partial charge in [-0.05, 0) is 24.6 Å². The van der Waals surface area contributed by atoms with E-state index in [9.17, 15) is 18.8 Å². The molecule has 8 heteroatoms. The van der Waals surface area contributed by atoms with E-state index in [2.05, 4.69) is 5.32 Å². The Kier molecular flexibility index (Phi) is 4.59. The number of amides is 3. The number of imide groups is 1. The summed E-state index contributed by atoms with van der Waals surface area (Å²) in [5, 5.41) is 2.13. The van der Waals surface area contributed by atoms with Crippen LogP contribution in [0.3, 0.4) is 0 Å². The number of nitrogens with zero attached hydrogens (tertiary/aromatic N) is 1. The first-order chi connectivity index (χ1) is 14.3. The fourth-order valence-electron chi connectivity index (χ4n) is 3.50. The second-order valence-corrected chi connectivity index (χ2v) is 6.72. The standard InChI is InChI=1S/C21H19FN2O5/c1-28-17-7-2-4-12(19(17)22)11-29-16-6-3-5-13-14(16)10-24(21(13)27)15-8-9-18(25)23-20(15)26/h2-7,15H,8-11H2,1H3,(H,23,25,26)/t15-/m0/s1/i15D. The largest absolute Gasteiger partial charge is 0.494 e. The summed E-state index contributed by atoms with van der Waals surface area (Å²) in [4.78, 5) is 37.8. The molecule has 0 saturated carbocycles. The molecule has 2 aliphatic rings. The average Bonchev–Trinajstić information content (AvgIpc) is 3.08. The van der Waals surface area contributed by atoms with E-state index in [4.69, 9.17) is 10.8 Å². The Hall–Kier alpha value is -3.42. The van der Waals surface area contributed by atoms with E-state index in [1.54, 1.807) is 30.3 Å². The maximum Gasteiger partial charge on any atom is 0.255 e. The number of halogens is 1. The number of piperidine rings is 1. The zero-order chi connectivity index (χ0) is 21.5. The number of rotatable bonds is 5. The molecule has 2 aromatic rings. The Balaban J connectivity index is 1.58. The Morgan fingerprint density at radius 3 is 2.72 bits per heavy atom. The van der Waals surface area contributed by atoms with Gasteiger partial charge in [-0.2, -0.15) is 0 Å². The highest BCUT2D eigenvalue weighted by Gasteiger charge is 2.40. The first-order valence-electron chi connectivity index (χ1n) is 9.57. The van der Waals surface area contributed by atoms with Gasteiger partial charge >= 0.3 is 0 Å². The van der Waals surface area contributed by atoms with Crippen LogP contribution in [0.1, 0.15) is 35.7 Å². The van der Waals surface area contributed by atoms with Crippen LogP contribution in [0.15, 0.2) is 36.4 Å². The van der Waals surface area contributed by atoms with Crippen molar-refractivity contribution in [2.75, 3.05) is 7.11 Å². The Morgan fingerprint density at radius 1 is 1.21 bits per heavy atom. The molecule has 1 N–H and O–H groups in total. The summed E-state index contributed by atoms with van der Waals surface area (Å²) in [7, 11) is 1.37. The smallest absolute Gasteiger partial charge is 0.255 e. The van der Waals surface area contributed by atoms with E-state index < -0.39 is 29.6 Å². The topological polar surface area (TPSA) is 84.9 Å². The Labute approximate surface area is 167 Å². The van der Waals surface area contributed by atoms with Crippen molar-refractivity contribution in [2.45, 2.75) is 32.0 Å². The predicted molar refractivity (Wildman–Crippen MR) is 99.8 cm³/mol. The van der Waals surface area contributed by atoms with Crippen LogP contribution in [0.2, 0.25) is 0 Å². The van der Waals surface area contributed by atoms with E-state index in [0.29, 0.717) is 16.9 Å². The number of benzene rings is 2. The van der Waals surface area contributed by atoms with Gasteiger partial charge in [-0.25, -0.2) is 4.39 Å². The maximum atomic E-state index is 14.4. The van der Waals surface area contributed by atoms with Crippen LogP contribution in [-0.2, 0) is 22.7 Å². The van der Waals surface area contributed by atoms with Gasteiger partial charge in [-0.15, -0.1) is 0 Å². The molecule has 3 amide bonds. The third kappa shape index (κ3) is 3.41. The number of fused-ring (bicyclic) bond motifs is 1. The minimum atomic E-state index is -1.87. The fourth-order valence-corrected chi connectivity index (χ4v) is 3.50. The SMILES string of the molecule is [2H][C@]1(N2Cc3c(OCc4cccc(OC)c4F)cccc3C2=O)CCC(=O)NC1=O. The molecule has 150 valence electrons. The molecule has 0 bridgehead atoms. The zero-order valence-electron chi connectivity index (χ0n) is 16.7. The Bertz CT molecular complexity index is 1060. The van der Waals surface area contributed by atoms with Crippen LogP contribution in [-0.4, -0.2) is 35.7 Å². The molecule has 0 aliphatic carbocycles. The van der Waals surface area contributed by atoms with Gasteiger partial charge in [0.2, 0.25) is 11.8 Å². The van der Waals surface area contributed by atoms with Gasteiger partial charge in [0.05, 0.1) is 15.0 Å². The molecule has 0 unspecified atom stereocenters. The van der Waals surface area contributed by atoms with Crippen LogP contribution >= 0.6 is 0 Å². The molecule has 2 aromatic carbocycles. The summed E-state index contributed by atoms with van der Waals surface area (Å²) in [6, 6.07) is 7.71. The summed E-state index contributed by atoms with van der Waals surface area (Å²) >= 11 is 0. The van der Waals surface area contributed by atoms with Crippen LogP contribution in [0.5, 0.6) is 11.5 Å². The van der Waals surface area contributed by atoms with E-state index in [0.717, 1.165) is 4.90 Å². The number of carbonyl (C=O) groups excluding carboxylic acids is 3. The molecule has 2 aliphatic heterocycles. The second-order valence-electron chi connectivity index (χ2n) is 6.72. The summed E-state index contributed by atoms with van der Waals surface area (Å²) in [6.07, 6.45) is -0.101. The van der Waals surface area contributed by atoms with Crippen LogP contribution < -0.4 is 14.8 Å². The minimum absolute atomic E-state index is 0.0178. The first-order valence-corrected chi connectivity index (χ1v) is 9.07. The van der Waals surface area contributed by atoms with E-state index in [1.165, 1.54) is 13.2 Å². The molecule has 0 radical (unpaired) electrons. The van der Waals surface area contributed by atoms with Gasteiger partial charge in [0, 0.05) is 23.1 Å². The van der Waals surface area contributed by atoms with Gasteiger partial charge in [0.15, 0.2) is 11.6 Å². The molecule has 4 rings (SSSR count). The van der Waals surface area contributed by atoms with Crippen molar-refractivity contribution in [2.24, 2.45) is 0 Å². The van der Waals surface area contributed by atoms with Crippen molar-refractivity contribution in [1.29, 1.82) is 0 Å². The number of nitrogens with one attached hydrogen (secondary N) is 1. The summed E-state index contributed by atoms with van der Waals surface area (Å²) < 4.78 is 33.7. The molecule has 0 aromatic heterocycles. The van der Waals surface area contributed by atoms with Gasteiger partial charge in [-0.1, -0.05) is 18.2 Å². The van der Waals surface area contributed by atoms with E-state index >= 15 is 0 Å². The van der Waals surface area contributed by atoms with Gasteiger partial charge in [0.1, 0.15) is 18.4 Å². The van der Waals surface area contributed by atoms with Crippen molar-refractivity contribution in [3.8, 4) is 11.5 Å². The summed E-state index contributed by atoms with van der Waals surface area (Å²) in [5.74, 6) is -1.83. The lowest BCUT2D eigenvalue weighted by atomic mass is 10.0. The van der Waals surface area contributed by atoms with Gasteiger partial charge < -0.3 is 14.4 Å². The van der Waals surface area contributed by atoms with Crippen LogP contribution in [0.4, 0.5) is 4.39 Å². The molecule has 0 spiro atoms. The van der Waals surface area contributed by atoms with Crippen LogP contribution in [0.25, 0.3) is 0 Å². The fraction of sp³-hybridized carbons (Fsp3) is 0.286. The quantitative estimate of drug-likeness (QED) is 0.779. The molecular formula is C21H19FN2O5. The van der Waals surface area contributed by atoms with Crippen molar-refractivity contribution in [3.05, 3.63) is 58.9 Å². The normalized spacial score (nSPS) is 21.5. The van der Waals surface area contributed by atoms with E-state index in [1.807, 2.05) is 0 Å². The van der Waals surface area contributed by atoms with Crippen molar-refractivity contribution in [3.63, 3.8) is 0 Å². The molecular weight excluding hydrogens is 379 g/mol. The monoisotopic (exact) mass is 399 g/mol. The third-order valence-corrected chi connectivity index (χ3v) is 5.00. The van der Waals surface area contributed by atoms with Crippen molar-refractivity contribution in [1.82, 2.24) is 10.2 Å². The highest BCUT2D eigenvalue weighted by molar-refractivity contribution is 6.05. The van der Waals surface area contributed by atoms with Crippen molar-refractivity contribution >= 4 is 17.7 Å². The molecule has 1 fully saturated rings. The summed E-state index contributed by atoms with van der Waals surface area (Å²) in [6.45, 7) is -0.106. The van der Waals surface area contributed by atoms with Crippen LogP contribution in [0, 0.1) is 5.82 Å². The number of hydrogen-bond donors (Lipinski definition) is 1. The minimum Gasteiger partial charge on any atom is -0.494 e. The predicted octanol–water partition coefficient (Wildman–Crippen LogP) is 2.17. The lowest BCUT2D eigenvalue weighted by Crippen LogP contribution is -2.52. The molecule has 7 nitrogen and oxygen atoms in total. The van der Waals surface area contributed by atoms with Gasteiger partial charge in [-0.3, -0.25) is 19.7 Å². The van der Waals surface area contributed by atoms with Crippen molar-refractivity contribution < 1.29 is 29.6 Å². The lowest BCUT2D eigenvalue weighted by Gasteiger charge is -2.29. The number of methoxy groups -OCH3 is 1. The first kappa shape index (κ1) is 17.7. The number of ether oxygens (including phenoxy) is 2. The number of carbonyl (C=O) groups is 3. The van der Waals surface area contributed by atoms with E-state index in [-0.39, 0.29) is 37.3 Å².